The van der Waals surface area contributed by atoms with Crippen LogP contribution >= 0.6 is 0 Å². The van der Waals surface area contributed by atoms with Crippen LogP contribution < -0.4 is 4.74 Å². The molecule has 7 heteroatoms. The summed E-state index contributed by atoms with van der Waals surface area (Å²) in [6.45, 7) is 6.35. The first-order valence-corrected chi connectivity index (χ1v) is 8.75. The smallest absolute Gasteiger partial charge is 0.410 e. The molecule has 0 N–H and O–H groups in total. The van der Waals surface area contributed by atoms with E-state index in [9.17, 15) is 14.0 Å². The van der Waals surface area contributed by atoms with Crippen LogP contribution in [0.15, 0.2) is 34.7 Å². The number of benzene rings is 1. The first-order valence-electron chi connectivity index (χ1n) is 8.75. The van der Waals surface area contributed by atoms with Crippen LogP contribution in [0.1, 0.15) is 37.7 Å². The van der Waals surface area contributed by atoms with Crippen molar-refractivity contribution in [3.05, 3.63) is 41.9 Å². The van der Waals surface area contributed by atoms with Gasteiger partial charge in [0.2, 0.25) is 0 Å². The van der Waals surface area contributed by atoms with Crippen molar-refractivity contribution in [2.24, 2.45) is 0 Å². The maximum absolute atomic E-state index is 13.7. The molecule has 1 amide bonds. The number of likely N-dealkylation sites (tertiary alicyclic amines) is 1. The first kappa shape index (κ1) is 18.9. The summed E-state index contributed by atoms with van der Waals surface area (Å²) >= 11 is 0. The fourth-order valence-corrected chi connectivity index (χ4v) is 2.85. The van der Waals surface area contributed by atoms with E-state index in [1.165, 1.54) is 24.3 Å². The average Bonchev–Trinajstić information content (AvgIpc) is 3.24. The van der Waals surface area contributed by atoms with Crippen molar-refractivity contribution in [2.45, 2.75) is 38.9 Å². The molecule has 0 bridgehead atoms. The van der Waals surface area contributed by atoms with Crippen molar-refractivity contribution in [3.63, 3.8) is 0 Å². The van der Waals surface area contributed by atoms with Gasteiger partial charge in [0.1, 0.15) is 29.0 Å². The van der Waals surface area contributed by atoms with E-state index >= 15 is 0 Å². The zero-order valence-corrected chi connectivity index (χ0v) is 15.5. The van der Waals surface area contributed by atoms with E-state index in [0.717, 1.165) is 0 Å². The molecular formula is C20H22FNO5. The van der Waals surface area contributed by atoms with Gasteiger partial charge in [-0.2, -0.15) is 0 Å². The van der Waals surface area contributed by atoms with Crippen LogP contribution in [0.2, 0.25) is 0 Å². The van der Waals surface area contributed by atoms with Gasteiger partial charge >= 0.3 is 6.09 Å². The largest absolute Gasteiger partial charge is 0.488 e. The average molecular weight is 375 g/mol. The van der Waals surface area contributed by atoms with Crippen LogP contribution in [0.3, 0.4) is 0 Å². The quantitative estimate of drug-likeness (QED) is 0.746. The van der Waals surface area contributed by atoms with Crippen LogP contribution in [0.4, 0.5) is 9.18 Å². The number of amides is 1. The number of carbonyl (C=O) groups is 2. The molecule has 6 nitrogen and oxygen atoms in total. The number of furan rings is 1. The topological polar surface area (TPSA) is 69.0 Å². The van der Waals surface area contributed by atoms with Gasteiger partial charge in [0.25, 0.3) is 0 Å². The summed E-state index contributed by atoms with van der Waals surface area (Å²) in [7, 11) is 0. The molecule has 27 heavy (non-hydrogen) atoms. The second-order valence-corrected chi connectivity index (χ2v) is 7.42. The highest BCUT2D eigenvalue weighted by Crippen LogP contribution is 2.33. The summed E-state index contributed by atoms with van der Waals surface area (Å²) in [5.41, 5.74) is -0.144. The third kappa shape index (κ3) is 4.67. The monoisotopic (exact) mass is 375 g/mol. The Hall–Kier alpha value is -2.83. The highest BCUT2D eigenvalue weighted by Gasteiger charge is 2.31. The van der Waals surface area contributed by atoms with Crippen LogP contribution in [-0.4, -0.2) is 42.1 Å². The number of halogens is 1. The van der Waals surface area contributed by atoms with E-state index in [-0.39, 0.29) is 18.0 Å². The Balaban J connectivity index is 1.73. The minimum Gasteiger partial charge on any atom is -0.488 e. The maximum atomic E-state index is 13.7. The van der Waals surface area contributed by atoms with Crippen molar-refractivity contribution in [2.75, 3.05) is 13.1 Å². The predicted octanol–water partition coefficient (Wildman–Crippen LogP) is 4.29. The fourth-order valence-electron chi connectivity index (χ4n) is 2.85. The summed E-state index contributed by atoms with van der Waals surface area (Å²) in [6.07, 6.45) is 0.587. The molecule has 2 aromatic rings. The summed E-state index contributed by atoms with van der Waals surface area (Å²) in [5, 5.41) is 0. The molecule has 0 radical (unpaired) electrons. The Morgan fingerprint density at radius 2 is 2.07 bits per heavy atom. The fraction of sp³-hybridized carbons (Fsp3) is 0.400. The molecule has 1 aliphatic rings. The minimum atomic E-state index is -0.560. The lowest BCUT2D eigenvalue weighted by molar-refractivity contribution is 0.0275. The standard InChI is InChI=1S/C20H22FNO5/c1-20(2,3)27-19(24)22-9-8-14(11-22)25-17-6-4-13(21)10-16(17)18-7-5-15(12-23)26-18/h4-7,10,12,14H,8-9,11H2,1-3H3. The summed E-state index contributed by atoms with van der Waals surface area (Å²) in [5.74, 6) is 0.480. The van der Waals surface area contributed by atoms with E-state index in [2.05, 4.69) is 0 Å². The van der Waals surface area contributed by atoms with Gasteiger partial charge < -0.3 is 18.8 Å². The van der Waals surface area contributed by atoms with E-state index in [1.54, 1.807) is 11.0 Å². The first-order chi connectivity index (χ1) is 12.7. The molecule has 0 saturated carbocycles. The Morgan fingerprint density at radius 1 is 1.30 bits per heavy atom. The number of hydrogen-bond donors (Lipinski definition) is 0. The summed E-state index contributed by atoms with van der Waals surface area (Å²) in [4.78, 5) is 24.6. The lowest BCUT2D eigenvalue weighted by Crippen LogP contribution is -2.36. The number of aldehydes is 1. The lowest BCUT2D eigenvalue weighted by Gasteiger charge is -2.24. The normalized spacial score (nSPS) is 17.0. The third-order valence-electron chi connectivity index (χ3n) is 4.04. The molecule has 1 atom stereocenters. The molecule has 0 spiro atoms. The van der Waals surface area contributed by atoms with Crippen molar-refractivity contribution in [3.8, 4) is 17.1 Å². The van der Waals surface area contributed by atoms with Crippen molar-refractivity contribution in [1.29, 1.82) is 0 Å². The van der Waals surface area contributed by atoms with Gasteiger partial charge in [-0.15, -0.1) is 0 Å². The third-order valence-corrected chi connectivity index (χ3v) is 4.04. The number of nitrogens with zero attached hydrogens (tertiary/aromatic N) is 1. The van der Waals surface area contributed by atoms with Gasteiger partial charge in [-0.1, -0.05) is 0 Å². The number of carbonyl (C=O) groups excluding carboxylic acids is 2. The summed E-state index contributed by atoms with van der Waals surface area (Å²) < 4.78 is 30.5. The minimum absolute atomic E-state index is 0.150. The van der Waals surface area contributed by atoms with Gasteiger partial charge in [-0.25, -0.2) is 9.18 Å². The molecule has 1 aromatic carbocycles. The Morgan fingerprint density at radius 3 is 2.74 bits per heavy atom. The molecule has 1 fully saturated rings. The Bertz CT molecular complexity index is 839. The van der Waals surface area contributed by atoms with Crippen LogP contribution in [0, 0.1) is 5.82 Å². The molecule has 1 saturated heterocycles. The van der Waals surface area contributed by atoms with Crippen molar-refractivity contribution in [1.82, 2.24) is 4.90 Å². The van der Waals surface area contributed by atoms with E-state index in [4.69, 9.17) is 13.9 Å². The number of ether oxygens (including phenoxy) is 2. The predicted molar refractivity (Wildman–Crippen MR) is 96.3 cm³/mol. The Labute approximate surface area is 156 Å². The van der Waals surface area contributed by atoms with E-state index in [0.29, 0.717) is 42.9 Å². The van der Waals surface area contributed by atoms with E-state index < -0.39 is 11.4 Å². The van der Waals surface area contributed by atoms with Gasteiger partial charge in [-0.05, 0) is 51.1 Å². The van der Waals surface area contributed by atoms with Gasteiger partial charge in [-0.3, -0.25) is 4.79 Å². The van der Waals surface area contributed by atoms with Gasteiger partial charge in [0.05, 0.1) is 12.1 Å². The molecule has 144 valence electrons. The zero-order valence-electron chi connectivity index (χ0n) is 15.5. The van der Waals surface area contributed by atoms with Crippen LogP contribution in [0.25, 0.3) is 11.3 Å². The second-order valence-electron chi connectivity index (χ2n) is 7.42. The second kappa shape index (κ2) is 7.42. The molecule has 2 heterocycles. The van der Waals surface area contributed by atoms with Crippen molar-refractivity contribution < 1.29 is 27.9 Å². The van der Waals surface area contributed by atoms with Crippen LogP contribution in [0.5, 0.6) is 5.75 Å². The molecule has 1 aromatic heterocycles. The molecule has 1 aliphatic heterocycles. The van der Waals surface area contributed by atoms with Gasteiger partial charge in [0.15, 0.2) is 12.0 Å². The molecule has 3 rings (SSSR count). The van der Waals surface area contributed by atoms with Crippen LogP contribution in [-0.2, 0) is 4.74 Å². The highest BCUT2D eigenvalue weighted by molar-refractivity contribution is 5.74. The zero-order chi connectivity index (χ0) is 19.6. The maximum Gasteiger partial charge on any atom is 0.410 e. The molecule has 1 unspecified atom stereocenters. The van der Waals surface area contributed by atoms with Crippen molar-refractivity contribution >= 4 is 12.4 Å². The summed E-state index contributed by atoms with van der Waals surface area (Å²) in [6, 6.07) is 7.21. The molecular weight excluding hydrogens is 353 g/mol. The number of rotatable bonds is 4. The van der Waals surface area contributed by atoms with E-state index in [1.807, 2.05) is 20.8 Å². The number of hydrogen-bond acceptors (Lipinski definition) is 5. The van der Waals surface area contributed by atoms with Gasteiger partial charge in [0, 0.05) is 13.0 Å². The molecule has 0 aliphatic carbocycles. The SMILES string of the molecule is CC(C)(C)OC(=O)N1CCC(Oc2ccc(F)cc2-c2ccc(C=O)o2)C1. The lowest BCUT2D eigenvalue weighted by atomic mass is 10.1. The Kier molecular flexibility index (Phi) is 5.21. The highest BCUT2D eigenvalue weighted by atomic mass is 19.1.